The zero-order valence-electron chi connectivity index (χ0n) is 10.7. The number of hydrogen-bond acceptors (Lipinski definition) is 6. The molecule has 1 amide bonds. The van der Waals surface area contributed by atoms with Gasteiger partial charge in [-0.05, 0) is 13.8 Å². The number of nitrogens with one attached hydrogen (secondary N) is 2. The monoisotopic (exact) mass is 271 g/mol. The molecule has 0 bridgehead atoms. The Labute approximate surface area is 110 Å². The van der Waals surface area contributed by atoms with Gasteiger partial charge in [-0.3, -0.25) is 4.79 Å². The van der Waals surface area contributed by atoms with Gasteiger partial charge in [-0.15, -0.1) is 11.3 Å². The highest BCUT2D eigenvalue weighted by atomic mass is 32.1. The van der Waals surface area contributed by atoms with E-state index in [1.807, 2.05) is 6.92 Å². The van der Waals surface area contributed by atoms with Crippen molar-refractivity contribution in [3.63, 3.8) is 0 Å². The Morgan fingerprint density at radius 1 is 1.39 bits per heavy atom. The number of ether oxygens (including phenoxy) is 1. The Morgan fingerprint density at radius 2 is 2.11 bits per heavy atom. The maximum atomic E-state index is 11.5. The molecule has 0 spiro atoms. The normalized spacial score (nSPS) is 9.94. The second-order valence-electron chi connectivity index (χ2n) is 3.55. The number of aromatic nitrogens is 1. The topological polar surface area (TPSA) is 80.3 Å². The van der Waals surface area contributed by atoms with Crippen LogP contribution in [0.5, 0.6) is 0 Å². The molecule has 0 unspecified atom stereocenters. The molecule has 0 fully saturated rings. The van der Waals surface area contributed by atoms with Crippen molar-refractivity contribution in [3.8, 4) is 0 Å². The molecule has 0 aromatic carbocycles. The average Bonchev–Trinajstić information content (AvgIpc) is 2.66. The Bertz CT molecular complexity index is 431. The number of esters is 1. The molecule has 0 aliphatic heterocycles. The highest BCUT2D eigenvalue weighted by Crippen LogP contribution is 2.22. The Balaban J connectivity index is 2.50. The third kappa shape index (κ3) is 4.33. The van der Waals surface area contributed by atoms with Crippen LogP contribution in [0.4, 0.5) is 5.13 Å². The molecule has 6 nitrogen and oxygen atoms in total. The van der Waals surface area contributed by atoms with E-state index >= 15 is 0 Å². The second-order valence-corrected chi connectivity index (χ2v) is 4.76. The van der Waals surface area contributed by atoms with Gasteiger partial charge in [0.25, 0.3) is 0 Å². The lowest BCUT2D eigenvalue weighted by Gasteiger charge is -2.02. The molecule has 1 rings (SSSR count). The number of carbonyl (C=O) groups is 2. The number of hydrogen-bond donors (Lipinski definition) is 2. The fraction of sp³-hybridized carbons (Fsp3) is 0.545. The quantitative estimate of drug-likeness (QED) is 0.600. The summed E-state index contributed by atoms with van der Waals surface area (Å²) in [5, 5.41) is 6.36. The molecule has 0 atom stereocenters. The van der Waals surface area contributed by atoms with Gasteiger partial charge in [0.2, 0.25) is 5.91 Å². The minimum Gasteiger partial charge on any atom is -0.461 e. The summed E-state index contributed by atoms with van der Waals surface area (Å²) in [6.45, 7) is 6.46. The molecule has 18 heavy (non-hydrogen) atoms. The van der Waals surface area contributed by atoms with Crippen molar-refractivity contribution in [2.45, 2.75) is 20.8 Å². The lowest BCUT2D eigenvalue weighted by molar-refractivity contribution is -0.118. The van der Waals surface area contributed by atoms with Crippen molar-refractivity contribution < 1.29 is 14.3 Å². The van der Waals surface area contributed by atoms with Crippen LogP contribution in [0.25, 0.3) is 0 Å². The first-order valence-electron chi connectivity index (χ1n) is 5.67. The van der Waals surface area contributed by atoms with Crippen molar-refractivity contribution in [2.75, 3.05) is 25.0 Å². The molecule has 0 saturated carbocycles. The van der Waals surface area contributed by atoms with Crippen molar-refractivity contribution >= 4 is 28.3 Å². The number of anilines is 1. The number of amides is 1. The van der Waals surface area contributed by atoms with Crippen molar-refractivity contribution in [3.05, 3.63) is 10.6 Å². The summed E-state index contributed by atoms with van der Waals surface area (Å²) < 4.78 is 4.90. The van der Waals surface area contributed by atoms with Crippen LogP contribution < -0.4 is 10.6 Å². The van der Waals surface area contributed by atoms with Gasteiger partial charge >= 0.3 is 5.97 Å². The van der Waals surface area contributed by atoms with Gasteiger partial charge in [-0.1, -0.05) is 0 Å². The average molecular weight is 271 g/mol. The molecule has 0 radical (unpaired) electrons. The third-order valence-corrected chi connectivity index (χ3v) is 2.97. The first-order chi connectivity index (χ1) is 8.54. The van der Waals surface area contributed by atoms with Crippen LogP contribution in [0.2, 0.25) is 0 Å². The molecule has 100 valence electrons. The first kappa shape index (κ1) is 14.4. The Morgan fingerprint density at radius 3 is 2.72 bits per heavy atom. The highest BCUT2D eigenvalue weighted by molar-refractivity contribution is 7.15. The van der Waals surface area contributed by atoms with Gasteiger partial charge in [0.1, 0.15) is 0 Å². The molecule has 0 aliphatic rings. The predicted molar refractivity (Wildman–Crippen MR) is 70.0 cm³/mol. The van der Waals surface area contributed by atoms with E-state index in [2.05, 4.69) is 15.6 Å². The maximum Gasteiger partial charge on any atom is 0.358 e. The summed E-state index contributed by atoms with van der Waals surface area (Å²) in [5.74, 6) is -0.472. The minimum atomic E-state index is -0.402. The molecule has 0 aliphatic carbocycles. The van der Waals surface area contributed by atoms with Crippen LogP contribution in [0.15, 0.2) is 0 Å². The van der Waals surface area contributed by atoms with Crippen molar-refractivity contribution in [2.24, 2.45) is 0 Å². The Kier molecular flexibility index (Phi) is 5.57. The summed E-state index contributed by atoms with van der Waals surface area (Å²) in [7, 11) is 0. The first-order valence-corrected chi connectivity index (χ1v) is 6.49. The van der Waals surface area contributed by atoms with E-state index in [0.717, 1.165) is 4.88 Å². The summed E-state index contributed by atoms with van der Waals surface area (Å²) >= 11 is 1.39. The fourth-order valence-electron chi connectivity index (χ4n) is 1.27. The van der Waals surface area contributed by atoms with Gasteiger partial charge in [0.05, 0.1) is 6.61 Å². The summed E-state index contributed by atoms with van der Waals surface area (Å²) in [5.41, 5.74) is 0.351. The minimum absolute atomic E-state index is 0.0701. The number of thiazole rings is 1. The van der Waals surface area contributed by atoms with Crippen LogP contribution in [0.1, 0.15) is 29.2 Å². The van der Waals surface area contributed by atoms with E-state index in [9.17, 15) is 9.59 Å². The molecule has 2 N–H and O–H groups in total. The predicted octanol–water partition coefficient (Wildman–Crippen LogP) is 1.18. The number of aryl methyl sites for hydroxylation is 1. The van der Waals surface area contributed by atoms with Gasteiger partial charge in [0.15, 0.2) is 10.8 Å². The Hall–Kier alpha value is -1.63. The van der Waals surface area contributed by atoms with E-state index in [-0.39, 0.29) is 5.91 Å². The maximum absolute atomic E-state index is 11.5. The molecule has 1 aromatic heterocycles. The lowest BCUT2D eigenvalue weighted by Crippen LogP contribution is -2.26. The number of nitrogens with zero attached hydrogens (tertiary/aromatic N) is 1. The summed E-state index contributed by atoms with van der Waals surface area (Å²) in [6.07, 6.45) is 0. The molecular formula is C11H17N3O3S. The SMILES string of the molecule is CCOC(=O)c1nc(NCCNC(C)=O)sc1C. The zero-order valence-corrected chi connectivity index (χ0v) is 11.5. The van der Waals surface area contributed by atoms with E-state index in [1.54, 1.807) is 6.92 Å². The van der Waals surface area contributed by atoms with Gasteiger partial charge in [-0.2, -0.15) is 0 Å². The number of carbonyl (C=O) groups excluding carboxylic acids is 2. The van der Waals surface area contributed by atoms with Crippen LogP contribution in [-0.2, 0) is 9.53 Å². The largest absolute Gasteiger partial charge is 0.461 e. The molecule has 7 heteroatoms. The molecule has 1 aromatic rings. The highest BCUT2D eigenvalue weighted by Gasteiger charge is 2.15. The van der Waals surface area contributed by atoms with E-state index in [0.29, 0.717) is 30.5 Å². The van der Waals surface area contributed by atoms with E-state index < -0.39 is 5.97 Å². The van der Waals surface area contributed by atoms with Crippen LogP contribution in [0, 0.1) is 6.92 Å². The zero-order chi connectivity index (χ0) is 13.5. The molecular weight excluding hydrogens is 254 g/mol. The van der Waals surface area contributed by atoms with E-state index in [4.69, 9.17) is 4.74 Å². The smallest absolute Gasteiger partial charge is 0.358 e. The van der Waals surface area contributed by atoms with Gasteiger partial charge in [0, 0.05) is 24.9 Å². The molecule has 1 heterocycles. The fourth-order valence-corrected chi connectivity index (χ4v) is 2.10. The number of rotatable bonds is 6. The standard InChI is InChI=1S/C11H17N3O3S/c1-4-17-10(16)9-7(2)18-11(14-9)13-6-5-12-8(3)15/h4-6H2,1-3H3,(H,12,15)(H,13,14). The van der Waals surface area contributed by atoms with Crippen LogP contribution >= 0.6 is 11.3 Å². The van der Waals surface area contributed by atoms with Crippen molar-refractivity contribution in [1.82, 2.24) is 10.3 Å². The second kappa shape index (κ2) is 6.95. The van der Waals surface area contributed by atoms with Gasteiger partial charge in [-0.25, -0.2) is 9.78 Å². The lowest BCUT2D eigenvalue weighted by atomic mass is 10.4. The van der Waals surface area contributed by atoms with Gasteiger partial charge < -0.3 is 15.4 Å². The van der Waals surface area contributed by atoms with E-state index in [1.165, 1.54) is 18.3 Å². The summed E-state index contributed by atoms with van der Waals surface area (Å²) in [4.78, 5) is 27.2. The third-order valence-electron chi connectivity index (χ3n) is 2.04. The van der Waals surface area contributed by atoms with Crippen LogP contribution in [0.3, 0.4) is 0 Å². The van der Waals surface area contributed by atoms with Crippen molar-refractivity contribution in [1.29, 1.82) is 0 Å². The van der Waals surface area contributed by atoms with Crippen LogP contribution in [-0.4, -0.2) is 36.6 Å². The molecule has 0 saturated heterocycles. The summed E-state index contributed by atoms with van der Waals surface area (Å²) in [6, 6.07) is 0.